The minimum atomic E-state index is -0.216. The first-order valence-corrected chi connectivity index (χ1v) is 5.14. The summed E-state index contributed by atoms with van der Waals surface area (Å²) in [6.07, 6.45) is 0.385. The Labute approximate surface area is 89.0 Å². The number of ether oxygens (including phenoxy) is 3. The summed E-state index contributed by atoms with van der Waals surface area (Å²) < 4.78 is 16.7. The molecule has 0 aliphatic carbocycles. The fraction of sp³-hybridized carbons (Fsp3) is 0.500. The van der Waals surface area contributed by atoms with E-state index < -0.39 is 0 Å². The van der Waals surface area contributed by atoms with Gasteiger partial charge in [-0.2, -0.15) is 0 Å². The zero-order chi connectivity index (χ0) is 10.6. The number of hydrogen-bond acceptors (Lipinski definition) is 3. The van der Waals surface area contributed by atoms with Crippen molar-refractivity contribution >= 4 is 0 Å². The van der Waals surface area contributed by atoms with Crippen LogP contribution < -0.4 is 9.47 Å². The Balaban J connectivity index is 2.05. The highest BCUT2D eigenvalue weighted by Crippen LogP contribution is 2.54. The van der Waals surface area contributed by atoms with Crippen molar-refractivity contribution < 1.29 is 14.2 Å². The van der Waals surface area contributed by atoms with Gasteiger partial charge in [0, 0.05) is 5.56 Å². The average molecular weight is 206 g/mol. The Kier molecular flexibility index (Phi) is 1.61. The summed E-state index contributed by atoms with van der Waals surface area (Å²) in [4.78, 5) is 0. The third kappa shape index (κ3) is 1.23. The minimum Gasteiger partial charge on any atom is -0.497 e. The van der Waals surface area contributed by atoms with Gasteiger partial charge in [-0.15, -0.1) is 0 Å². The fourth-order valence-electron chi connectivity index (χ4n) is 2.19. The second-order valence-electron chi connectivity index (χ2n) is 4.59. The molecule has 3 nitrogen and oxygen atoms in total. The lowest BCUT2D eigenvalue weighted by atomic mass is 9.94. The fourth-order valence-corrected chi connectivity index (χ4v) is 2.19. The first kappa shape index (κ1) is 9.04. The van der Waals surface area contributed by atoms with E-state index in [1.165, 1.54) is 0 Å². The molecule has 2 aliphatic heterocycles. The molecule has 0 spiro atoms. The van der Waals surface area contributed by atoms with Crippen molar-refractivity contribution in [2.75, 3.05) is 7.11 Å². The van der Waals surface area contributed by atoms with Gasteiger partial charge in [0.05, 0.1) is 7.11 Å². The number of hydrogen-bond donors (Lipinski definition) is 0. The zero-order valence-electron chi connectivity index (χ0n) is 9.11. The third-order valence-electron chi connectivity index (χ3n) is 3.07. The summed E-state index contributed by atoms with van der Waals surface area (Å²) in [5.41, 5.74) is 0.894. The second-order valence-corrected chi connectivity index (χ2v) is 4.59. The number of epoxide rings is 1. The Morgan fingerprint density at radius 2 is 2.13 bits per heavy atom. The maximum Gasteiger partial charge on any atom is 0.132 e. The van der Waals surface area contributed by atoms with E-state index in [1.54, 1.807) is 7.11 Å². The van der Waals surface area contributed by atoms with Gasteiger partial charge in [0.2, 0.25) is 0 Å². The molecule has 15 heavy (non-hydrogen) atoms. The van der Waals surface area contributed by atoms with Crippen molar-refractivity contribution in [3.63, 3.8) is 0 Å². The van der Waals surface area contributed by atoms with Crippen LogP contribution >= 0.6 is 0 Å². The zero-order valence-corrected chi connectivity index (χ0v) is 9.11. The van der Waals surface area contributed by atoms with E-state index >= 15 is 0 Å². The summed E-state index contributed by atoms with van der Waals surface area (Å²) >= 11 is 0. The van der Waals surface area contributed by atoms with Gasteiger partial charge in [-0.25, -0.2) is 0 Å². The predicted molar refractivity (Wildman–Crippen MR) is 55.3 cm³/mol. The number of rotatable bonds is 1. The van der Waals surface area contributed by atoms with Crippen molar-refractivity contribution in [1.82, 2.24) is 0 Å². The van der Waals surface area contributed by atoms with Crippen molar-refractivity contribution in [2.24, 2.45) is 0 Å². The molecule has 0 amide bonds. The molecule has 0 bridgehead atoms. The molecule has 0 saturated carbocycles. The van der Waals surface area contributed by atoms with Crippen LogP contribution in [-0.4, -0.2) is 18.8 Å². The molecule has 1 aromatic rings. The van der Waals surface area contributed by atoms with Gasteiger partial charge in [0.15, 0.2) is 0 Å². The summed E-state index contributed by atoms with van der Waals surface area (Å²) in [6.45, 7) is 4.12. The highest BCUT2D eigenvalue weighted by molar-refractivity contribution is 5.46. The minimum absolute atomic E-state index is 0.192. The third-order valence-corrected chi connectivity index (χ3v) is 3.07. The van der Waals surface area contributed by atoms with Crippen LogP contribution in [0.3, 0.4) is 0 Å². The normalized spacial score (nSPS) is 29.8. The van der Waals surface area contributed by atoms with E-state index in [-0.39, 0.29) is 17.8 Å². The molecule has 0 N–H and O–H groups in total. The quantitative estimate of drug-likeness (QED) is 0.661. The second kappa shape index (κ2) is 2.67. The van der Waals surface area contributed by atoms with Crippen LogP contribution in [0, 0.1) is 0 Å². The standard InChI is InChI=1S/C12H14O3/c1-12(2)11-10(14-11)8-6-7(13-3)4-5-9(8)15-12/h4-6,10-11H,1-3H3/t10-,11-/m1/s1. The summed E-state index contributed by atoms with van der Waals surface area (Å²) in [7, 11) is 1.67. The van der Waals surface area contributed by atoms with Crippen molar-refractivity contribution in [3.8, 4) is 11.5 Å². The van der Waals surface area contributed by atoms with E-state index in [1.807, 2.05) is 18.2 Å². The molecule has 1 saturated heterocycles. The van der Waals surface area contributed by atoms with Crippen LogP contribution in [0.15, 0.2) is 18.2 Å². The van der Waals surface area contributed by atoms with Crippen LogP contribution in [0.5, 0.6) is 11.5 Å². The van der Waals surface area contributed by atoms with E-state index in [0.29, 0.717) is 0 Å². The molecule has 2 aliphatic rings. The van der Waals surface area contributed by atoms with Crippen molar-refractivity contribution in [3.05, 3.63) is 23.8 Å². The van der Waals surface area contributed by atoms with Crippen LogP contribution in [0.25, 0.3) is 0 Å². The smallest absolute Gasteiger partial charge is 0.132 e. The first-order chi connectivity index (χ1) is 7.12. The number of methoxy groups -OCH3 is 1. The lowest BCUT2D eigenvalue weighted by Crippen LogP contribution is -2.37. The maximum absolute atomic E-state index is 5.89. The van der Waals surface area contributed by atoms with Crippen LogP contribution in [0.1, 0.15) is 25.5 Å². The van der Waals surface area contributed by atoms with E-state index in [4.69, 9.17) is 14.2 Å². The monoisotopic (exact) mass is 206 g/mol. The summed E-state index contributed by atoms with van der Waals surface area (Å²) in [5, 5.41) is 0. The molecule has 2 heterocycles. The molecule has 1 aromatic carbocycles. The SMILES string of the molecule is COc1ccc2c(c1)[C@H]1O[C@H]1C(C)(C)O2. The maximum atomic E-state index is 5.89. The van der Waals surface area contributed by atoms with Crippen LogP contribution in [0.2, 0.25) is 0 Å². The van der Waals surface area contributed by atoms with Gasteiger partial charge < -0.3 is 14.2 Å². The van der Waals surface area contributed by atoms with Crippen LogP contribution in [-0.2, 0) is 4.74 Å². The molecular formula is C12H14O3. The highest BCUT2D eigenvalue weighted by atomic mass is 16.6. The summed E-state index contributed by atoms with van der Waals surface area (Å²) in [5.74, 6) is 1.77. The lowest BCUT2D eigenvalue weighted by molar-refractivity contribution is 0.0724. The molecular weight excluding hydrogens is 192 g/mol. The van der Waals surface area contributed by atoms with Crippen LogP contribution in [0.4, 0.5) is 0 Å². The largest absolute Gasteiger partial charge is 0.497 e. The van der Waals surface area contributed by atoms with E-state index in [0.717, 1.165) is 17.1 Å². The lowest BCUT2D eigenvalue weighted by Gasteiger charge is -2.29. The molecule has 3 rings (SSSR count). The van der Waals surface area contributed by atoms with Gasteiger partial charge in [-0.3, -0.25) is 0 Å². The van der Waals surface area contributed by atoms with Crippen molar-refractivity contribution in [1.29, 1.82) is 0 Å². The molecule has 0 aromatic heterocycles. The van der Waals surface area contributed by atoms with Gasteiger partial charge >= 0.3 is 0 Å². The molecule has 0 unspecified atom stereocenters. The predicted octanol–water partition coefficient (Wildman–Crippen LogP) is 2.31. The van der Waals surface area contributed by atoms with E-state index in [9.17, 15) is 0 Å². The van der Waals surface area contributed by atoms with Gasteiger partial charge in [-0.05, 0) is 32.0 Å². The first-order valence-electron chi connectivity index (χ1n) is 5.14. The van der Waals surface area contributed by atoms with Gasteiger partial charge in [0.1, 0.15) is 29.3 Å². The molecule has 0 radical (unpaired) electrons. The van der Waals surface area contributed by atoms with Gasteiger partial charge in [-0.1, -0.05) is 0 Å². The molecule has 1 fully saturated rings. The van der Waals surface area contributed by atoms with Gasteiger partial charge in [0.25, 0.3) is 0 Å². The number of fused-ring (bicyclic) bond motifs is 3. The molecule has 2 atom stereocenters. The number of benzene rings is 1. The Hall–Kier alpha value is -1.22. The average Bonchev–Trinajstić information content (AvgIpc) is 2.97. The Morgan fingerprint density at radius 1 is 1.33 bits per heavy atom. The Morgan fingerprint density at radius 3 is 2.87 bits per heavy atom. The molecule has 80 valence electrons. The van der Waals surface area contributed by atoms with Crippen molar-refractivity contribution in [2.45, 2.75) is 31.7 Å². The topological polar surface area (TPSA) is 31.0 Å². The van der Waals surface area contributed by atoms with E-state index in [2.05, 4.69) is 13.8 Å². The molecule has 3 heteroatoms. The summed E-state index contributed by atoms with van der Waals surface area (Å²) in [6, 6.07) is 5.86. The Bertz CT molecular complexity index is 411. The highest BCUT2D eigenvalue weighted by Gasteiger charge is 2.56.